The molecule has 2 aliphatic rings. The fraction of sp³-hybridized carbons (Fsp3) is 0.357. The Morgan fingerprint density at radius 2 is 2.11 bits per heavy atom. The maximum atomic E-state index is 13.4. The molecule has 3 N–H and O–H groups in total. The fourth-order valence-electron chi connectivity index (χ4n) is 4.90. The smallest absolute Gasteiger partial charge is 0.327 e. The highest BCUT2D eigenvalue weighted by Crippen LogP contribution is 2.61. The Morgan fingerprint density at radius 3 is 2.81 bits per heavy atom. The highest BCUT2D eigenvalue weighted by atomic mass is 16.5. The lowest BCUT2D eigenvalue weighted by Crippen LogP contribution is -2.29. The summed E-state index contributed by atoms with van der Waals surface area (Å²) in [6.07, 6.45) is 4.86. The van der Waals surface area contributed by atoms with E-state index < -0.39 is 11.4 Å². The number of methoxy groups -OCH3 is 1. The summed E-state index contributed by atoms with van der Waals surface area (Å²) >= 11 is 0. The van der Waals surface area contributed by atoms with Crippen LogP contribution in [0.2, 0.25) is 0 Å². The zero-order valence-electron chi connectivity index (χ0n) is 20.8. The highest BCUT2D eigenvalue weighted by Gasteiger charge is 2.61. The van der Waals surface area contributed by atoms with Gasteiger partial charge >= 0.3 is 5.97 Å². The van der Waals surface area contributed by atoms with E-state index in [1.807, 2.05) is 6.92 Å². The number of benzene rings is 2. The zero-order chi connectivity index (χ0) is 26.6. The maximum absolute atomic E-state index is 13.4. The van der Waals surface area contributed by atoms with Crippen LogP contribution in [0.1, 0.15) is 53.2 Å². The minimum Gasteiger partial charge on any atom is -0.496 e. The van der Waals surface area contributed by atoms with Crippen molar-refractivity contribution in [2.75, 3.05) is 25.6 Å². The molecule has 1 aliphatic heterocycles. The number of aliphatic carboxylic acids is 1. The summed E-state index contributed by atoms with van der Waals surface area (Å²) in [6.45, 7) is 2.95. The molecule has 37 heavy (non-hydrogen) atoms. The minimum atomic E-state index is -1.06. The third-order valence-corrected chi connectivity index (χ3v) is 6.91. The molecule has 1 spiro atoms. The monoisotopic (exact) mass is 503 g/mol. The van der Waals surface area contributed by atoms with Crippen LogP contribution in [-0.2, 0) is 21.4 Å². The number of hydrogen-bond acceptors (Lipinski definition) is 6. The number of carbonyl (C=O) groups is 3. The van der Waals surface area contributed by atoms with E-state index >= 15 is 0 Å². The summed E-state index contributed by atoms with van der Waals surface area (Å²) in [5.74, 6) is -0.815. The van der Waals surface area contributed by atoms with E-state index in [1.54, 1.807) is 30.3 Å². The van der Waals surface area contributed by atoms with E-state index in [9.17, 15) is 19.6 Å². The normalized spacial score (nSPS) is 19.4. The molecule has 1 saturated carbocycles. The molecule has 0 aromatic heterocycles. The molecule has 4 rings (SSSR count). The first-order valence-electron chi connectivity index (χ1n) is 12.2. The highest BCUT2D eigenvalue weighted by molar-refractivity contribution is 5.99. The Morgan fingerprint density at radius 1 is 1.30 bits per heavy atom. The summed E-state index contributed by atoms with van der Waals surface area (Å²) < 4.78 is 11.3. The number of carbonyl (C=O) groups excluding carboxylic acids is 2. The van der Waals surface area contributed by atoms with Crippen LogP contribution in [0.3, 0.4) is 0 Å². The van der Waals surface area contributed by atoms with E-state index in [0.29, 0.717) is 59.9 Å². The van der Waals surface area contributed by atoms with Crippen molar-refractivity contribution < 1.29 is 29.0 Å². The van der Waals surface area contributed by atoms with Gasteiger partial charge in [0.15, 0.2) is 0 Å². The number of fused-ring (bicyclic) bond motifs is 2. The molecule has 0 bridgehead atoms. The van der Waals surface area contributed by atoms with E-state index in [-0.39, 0.29) is 24.2 Å². The minimum absolute atomic E-state index is 0.195. The molecule has 1 fully saturated rings. The lowest BCUT2D eigenvalue weighted by molar-refractivity contribution is -0.131. The summed E-state index contributed by atoms with van der Waals surface area (Å²) in [7, 11) is 1.50. The van der Waals surface area contributed by atoms with E-state index in [4.69, 9.17) is 14.6 Å². The largest absolute Gasteiger partial charge is 0.496 e. The van der Waals surface area contributed by atoms with Crippen LogP contribution in [0.5, 0.6) is 11.5 Å². The number of rotatable bonds is 9. The fourth-order valence-corrected chi connectivity index (χ4v) is 4.90. The Labute approximate surface area is 215 Å². The molecule has 192 valence electrons. The average Bonchev–Trinajstić information content (AvgIpc) is 3.61. The zero-order valence-corrected chi connectivity index (χ0v) is 20.8. The van der Waals surface area contributed by atoms with Gasteiger partial charge in [0, 0.05) is 41.3 Å². The van der Waals surface area contributed by atoms with Gasteiger partial charge in [0.05, 0.1) is 30.9 Å². The molecule has 9 heteroatoms. The van der Waals surface area contributed by atoms with Crippen LogP contribution in [0.4, 0.5) is 5.69 Å². The number of nitrogens with one attached hydrogen (secondary N) is 2. The third-order valence-electron chi connectivity index (χ3n) is 6.91. The Bertz CT molecular complexity index is 1310. The Balaban J connectivity index is 1.60. The number of ether oxygens (including phenoxy) is 2. The van der Waals surface area contributed by atoms with Crippen LogP contribution in [0, 0.1) is 17.2 Å². The first-order chi connectivity index (χ1) is 17.8. The van der Waals surface area contributed by atoms with E-state index in [2.05, 4.69) is 16.7 Å². The number of amides is 2. The van der Waals surface area contributed by atoms with Crippen molar-refractivity contribution in [3.63, 3.8) is 0 Å². The summed E-state index contributed by atoms with van der Waals surface area (Å²) in [5.41, 5.74) is 2.32. The van der Waals surface area contributed by atoms with Crippen LogP contribution >= 0.6 is 0 Å². The van der Waals surface area contributed by atoms with Gasteiger partial charge in [-0.25, -0.2) is 4.79 Å². The molecular formula is C28H29N3O6. The van der Waals surface area contributed by atoms with E-state index in [1.165, 1.54) is 13.2 Å². The van der Waals surface area contributed by atoms with Crippen LogP contribution < -0.4 is 20.1 Å². The predicted octanol–water partition coefficient (Wildman–Crippen LogP) is 3.57. The van der Waals surface area contributed by atoms with Crippen molar-refractivity contribution in [3.8, 4) is 17.6 Å². The molecule has 2 aromatic carbocycles. The number of allylic oxidation sites excluding steroid dienone is 1. The van der Waals surface area contributed by atoms with Crippen LogP contribution in [0.25, 0.3) is 0 Å². The molecule has 0 radical (unpaired) electrons. The molecular weight excluding hydrogens is 474 g/mol. The first-order valence-corrected chi connectivity index (χ1v) is 12.2. The molecule has 2 amide bonds. The number of hydrogen-bond donors (Lipinski definition) is 3. The van der Waals surface area contributed by atoms with Crippen molar-refractivity contribution in [2.24, 2.45) is 5.92 Å². The van der Waals surface area contributed by atoms with Crippen molar-refractivity contribution in [1.29, 1.82) is 5.26 Å². The maximum Gasteiger partial charge on any atom is 0.327 e. The number of nitrogens with zero attached hydrogens (tertiary/aromatic N) is 1. The molecule has 0 unspecified atom stereocenters. The molecule has 1 aliphatic carbocycles. The predicted molar refractivity (Wildman–Crippen MR) is 136 cm³/mol. The number of nitriles is 1. The summed E-state index contributed by atoms with van der Waals surface area (Å²) in [4.78, 5) is 37.1. The van der Waals surface area contributed by atoms with Crippen molar-refractivity contribution >= 4 is 23.5 Å². The Hall–Kier alpha value is -4.32. The van der Waals surface area contributed by atoms with Gasteiger partial charge in [0.25, 0.3) is 5.91 Å². The SMILES string of the molecule is CCCNC(=O)c1cc2c(cc1OC)OCC[C@]21C[C@H]1C(=O)Nc1cc(C#N)ccc1CC=CC(=O)O. The molecule has 2 aromatic rings. The van der Waals surface area contributed by atoms with Gasteiger partial charge in [-0.1, -0.05) is 19.1 Å². The van der Waals surface area contributed by atoms with Gasteiger partial charge in [-0.05, 0) is 49.4 Å². The number of carboxylic acid groups (broad SMARTS) is 1. The van der Waals surface area contributed by atoms with Crippen LogP contribution in [-0.4, -0.2) is 43.2 Å². The van der Waals surface area contributed by atoms with Crippen molar-refractivity contribution in [1.82, 2.24) is 5.32 Å². The molecule has 0 saturated heterocycles. The van der Waals surface area contributed by atoms with Gasteiger partial charge < -0.3 is 25.2 Å². The van der Waals surface area contributed by atoms with Crippen molar-refractivity contribution in [2.45, 2.75) is 38.0 Å². The third kappa shape index (κ3) is 5.28. The number of carboxylic acids is 1. The van der Waals surface area contributed by atoms with Gasteiger partial charge in [-0.15, -0.1) is 0 Å². The summed E-state index contributed by atoms with van der Waals surface area (Å²) in [5, 5.41) is 24.0. The second-order valence-corrected chi connectivity index (χ2v) is 9.23. The molecule has 1 heterocycles. The lowest BCUT2D eigenvalue weighted by atomic mass is 9.85. The standard InChI is InChI=1S/C28H29N3O6/c1-3-10-30-26(34)19-13-20-24(14-23(19)36-2)37-11-9-28(20)15-21(28)27(35)31-22-12-17(16-29)7-8-18(22)5-4-6-25(32)33/h4,6-8,12-14,21H,3,5,9-11,15H2,1-2H3,(H,30,34)(H,31,35)(H,32,33)/t21-,28-/m0/s1. The molecule has 9 nitrogen and oxygen atoms in total. The lowest BCUT2D eigenvalue weighted by Gasteiger charge is -2.28. The van der Waals surface area contributed by atoms with E-state index in [0.717, 1.165) is 18.1 Å². The topological polar surface area (TPSA) is 138 Å². The van der Waals surface area contributed by atoms with Crippen LogP contribution in [0.15, 0.2) is 42.5 Å². The van der Waals surface area contributed by atoms with Gasteiger partial charge in [-0.3, -0.25) is 9.59 Å². The molecule has 2 atom stereocenters. The average molecular weight is 504 g/mol. The second-order valence-electron chi connectivity index (χ2n) is 9.23. The summed E-state index contributed by atoms with van der Waals surface area (Å²) in [6, 6.07) is 10.5. The van der Waals surface area contributed by atoms with Crippen molar-refractivity contribution in [3.05, 3.63) is 64.7 Å². The quantitative estimate of drug-likeness (QED) is 0.445. The van der Waals surface area contributed by atoms with Gasteiger partial charge in [0.2, 0.25) is 5.91 Å². The number of anilines is 1. The Kier molecular flexibility index (Phi) is 7.48. The second kappa shape index (κ2) is 10.7. The first kappa shape index (κ1) is 25.8. The van der Waals surface area contributed by atoms with Gasteiger partial charge in [0.1, 0.15) is 11.5 Å². The van der Waals surface area contributed by atoms with Gasteiger partial charge in [-0.2, -0.15) is 5.26 Å².